The molecule has 0 aromatic heterocycles. The van der Waals surface area contributed by atoms with E-state index < -0.39 is 5.82 Å². The highest BCUT2D eigenvalue weighted by Crippen LogP contribution is 2.16. The third-order valence-electron chi connectivity index (χ3n) is 1.75. The second kappa shape index (κ2) is 5.73. The van der Waals surface area contributed by atoms with Gasteiger partial charge in [0.15, 0.2) is 5.84 Å². The van der Waals surface area contributed by atoms with E-state index in [2.05, 4.69) is 16.6 Å². The van der Waals surface area contributed by atoms with Crippen molar-refractivity contribution < 1.29 is 4.39 Å². The Kier molecular flexibility index (Phi) is 4.58. The second-order valence-electron chi connectivity index (χ2n) is 3.89. The van der Waals surface area contributed by atoms with E-state index in [1.807, 2.05) is 13.8 Å². The topological polar surface area (TPSA) is 24.7 Å². The second-order valence-corrected chi connectivity index (χ2v) is 4.32. The Balaban J connectivity index is 3.32. The zero-order valence-electron chi connectivity index (χ0n) is 10.1. The molecule has 0 unspecified atom stereocenters. The van der Waals surface area contributed by atoms with Gasteiger partial charge in [0.25, 0.3) is 0 Å². The smallest absolute Gasteiger partial charge is 0.159 e. The predicted octanol–water partition coefficient (Wildman–Crippen LogP) is 4.24. The maximum atomic E-state index is 13.3. The van der Waals surface area contributed by atoms with Crippen LogP contribution in [0.5, 0.6) is 0 Å². The van der Waals surface area contributed by atoms with Crippen molar-refractivity contribution in [3.05, 3.63) is 46.9 Å². The third kappa shape index (κ3) is 4.49. The fraction of sp³-hybridized carbons (Fsp3) is 0.231. The van der Waals surface area contributed by atoms with E-state index in [9.17, 15) is 4.39 Å². The molecule has 4 heteroatoms. The van der Waals surface area contributed by atoms with Crippen LogP contribution in [0, 0.1) is 5.82 Å². The molecule has 0 atom stereocenters. The monoisotopic (exact) mass is 252 g/mol. The number of halogens is 2. The molecule has 0 aliphatic heterocycles. The summed E-state index contributed by atoms with van der Waals surface area (Å²) < 4.78 is 13.3. The van der Waals surface area contributed by atoms with E-state index in [4.69, 9.17) is 11.6 Å². The quantitative estimate of drug-likeness (QED) is 0.556. The van der Waals surface area contributed by atoms with Crippen LogP contribution in [0.25, 0.3) is 0 Å². The number of allylic oxidation sites excluding steroid dienone is 1. The van der Waals surface area contributed by atoms with Crippen molar-refractivity contribution in [2.75, 3.05) is 0 Å². The molecule has 90 valence electrons. The highest BCUT2D eigenvalue weighted by molar-refractivity contribution is 6.31. The molecule has 0 saturated heterocycles. The van der Waals surface area contributed by atoms with E-state index in [0.29, 0.717) is 22.1 Å². The van der Waals surface area contributed by atoms with Gasteiger partial charge in [0.1, 0.15) is 5.82 Å². The molecule has 0 fully saturated rings. The van der Waals surface area contributed by atoms with Gasteiger partial charge in [0.05, 0.1) is 0 Å². The standard InChI is InChI=1S/C13H14ClFN2/c1-8(2)16-13(17-9(3)4)10-5-11(14)7-12(15)6-10/h5-7H,1H2,2-4H3. The van der Waals surface area contributed by atoms with Crippen LogP contribution >= 0.6 is 11.6 Å². The van der Waals surface area contributed by atoms with Crippen LogP contribution in [0.2, 0.25) is 5.02 Å². The zero-order chi connectivity index (χ0) is 13.0. The third-order valence-corrected chi connectivity index (χ3v) is 1.97. The Morgan fingerprint density at radius 3 is 2.29 bits per heavy atom. The summed E-state index contributed by atoms with van der Waals surface area (Å²) in [6.45, 7) is 9.12. The van der Waals surface area contributed by atoms with Gasteiger partial charge >= 0.3 is 0 Å². The van der Waals surface area contributed by atoms with Crippen molar-refractivity contribution >= 4 is 23.1 Å². The molecule has 1 aromatic rings. The Hall–Kier alpha value is -1.48. The molecular weight excluding hydrogens is 239 g/mol. The normalized spacial score (nSPS) is 11.2. The van der Waals surface area contributed by atoms with Crippen LogP contribution in [0.1, 0.15) is 26.3 Å². The van der Waals surface area contributed by atoms with Crippen molar-refractivity contribution in [1.82, 2.24) is 0 Å². The Bertz CT molecular complexity index is 480. The van der Waals surface area contributed by atoms with Gasteiger partial charge in [-0.15, -0.1) is 0 Å². The van der Waals surface area contributed by atoms with E-state index >= 15 is 0 Å². The minimum Gasteiger partial charge on any atom is -0.238 e. The molecule has 0 spiro atoms. The maximum Gasteiger partial charge on any atom is 0.159 e. The summed E-state index contributed by atoms with van der Waals surface area (Å²) in [6.07, 6.45) is 0. The molecule has 17 heavy (non-hydrogen) atoms. The van der Waals surface area contributed by atoms with Gasteiger partial charge in [-0.05, 0) is 39.0 Å². The van der Waals surface area contributed by atoms with Crippen molar-refractivity contribution in [1.29, 1.82) is 0 Å². The van der Waals surface area contributed by atoms with E-state index in [1.54, 1.807) is 13.0 Å². The van der Waals surface area contributed by atoms with Crippen molar-refractivity contribution in [3.63, 3.8) is 0 Å². The summed E-state index contributed by atoms with van der Waals surface area (Å²) in [7, 11) is 0. The highest BCUT2D eigenvalue weighted by atomic mass is 35.5. The number of rotatable bonds is 2. The predicted molar refractivity (Wildman–Crippen MR) is 71.5 cm³/mol. The summed E-state index contributed by atoms with van der Waals surface area (Å²) in [5.41, 5.74) is 1.97. The largest absolute Gasteiger partial charge is 0.238 e. The molecule has 2 nitrogen and oxygen atoms in total. The number of benzene rings is 1. The highest BCUT2D eigenvalue weighted by Gasteiger charge is 2.06. The summed E-state index contributed by atoms with van der Waals surface area (Å²) in [5, 5.41) is 0.318. The first-order chi connectivity index (χ1) is 7.88. The van der Waals surface area contributed by atoms with Crippen LogP contribution in [0.4, 0.5) is 4.39 Å². The van der Waals surface area contributed by atoms with Crippen LogP contribution < -0.4 is 0 Å². The molecule has 0 saturated carbocycles. The first-order valence-corrected chi connectivity index (χ1v) is 5.49. The Labute approximate surface area is 106 Å². The van der Waals surface area contributed by atoms with Crippen LogP contribution in [0.15, 0.2) is 40.5 Å². The number of amidine groups is 1. The number of nitrogens with zero attached hydrogens (tertiary/aromatic N) is 2. The molecule has 0 heterocycles. The summed E-state index contributed by atoms with van der Waals surface area (Å²) in [4.78, 5) is 8.43. The van der Waals surface area contributed by atoms with E-state index in [-0.39, 0.29) is 0 Å². The molecule has 1 aromatic carbocycles. The number of hydrogen-bond acceptors (Lipinski definition) is 1. The van der Waals surface area contributed by atoms with Crippen LogP contribution in [-0.2, 0) is 0 Å². The van der Waals surface area contributed by atoms with Crippen LogP contribution in [-0.4, -0.2) is 11.5 Å². The lowest BCUT2D eigenvalue weighted by molar-refractivity contribution is 0.627. The lowest BCUT2D eigenvalue weighted by atomic mass is 10.2. The minimum atomic E-state index is -0.411. The Morgan fingerprint density at radius 1 is 1.18 bits per heavy atom. The van der Waals surface area contributed by atoms with Crippen LogP contribution in [0.3, 0.4) is 0 Å². The molecule has 0 aliphatic carbocycles. The lowest BCUT2D eigenvalue weighted by Crippen LogP contribution is -2.01. The molecule has 0 amide bonds. The zero-order valence-corrected chi connectivity index (χ0v) is 10.8. The minimum absolute atomic E-state index is 0.318. The van der Waals surface area contributed by atoms with Gasteiger partial charge in [-0.2, -0.15) is 0 Å². The molecule has 0 N–H and O–H groups in total. The molecule has 0 radical (unpaired) electrons. The van der Waals surface area contributed by atoms with Crippen molar-refractivity contribution in [2.24, 2.45) is 9.98 Å². The van der Waals surface area contributed by atoms with E-state index in [0.717, 1.165) is 5.71 Å². The molecule has 0 aliphatic rings. The fourth-order valence-corrected chi connectivity index (χ4v) is 1.45. The van der Waals surface area contributed by atoms with Gasteiger partial charge < -0.3 is 0 Å². The number of hydrogen-bond donors (Lipinski definition) is 0. The van der Waals surface area contributed by atoms with Crippen molar-refractivity contribution in [3.8, 4) is 0 Å². The van der Waals surface area contributed by atoms with Crippen molar-refractivity contribution in [2.45, 2.75) is 20.8 Å². The molecule has 0 bridgehead atoms. The lowest BCUT2D eigenvalue weighted by Gasteiger charge is -2.04. The summed E-state index contributed by atoms with van der Waals surface area (Å²) >= 11 is 5.80. The van der Waals surface area contributed by atoms with Gasteiger partial charge in [-0.1, -0.05) is 18.2 Å². The Morgan fingerprint density at radius 2 is 1.82 bits per heavy atom. The van der Waals surface area contributed by atoms with Gasteiger partial charge in [-0.3, -0.25) is 0 Å². The van der Waals surface area contributed by atoms with Gasteiger partial charge in [0.2, 0.25) is 0 Å². The van der Waals surface area contributed by atoms with Gasteiger partial charge in [0, 0.05) is 22.0 Å². The fourth-order valence-electron chi connectivity index (χ4n) is 1.23. The SMILES string of the molecule is C=C(C)N=C(N=C(C)C)c1cc(F)cc(Cl)c1. The molecular formula is C13H14ClFN2. The first-order valence-electron chi connectivity index (χ1n) is 5.11. The average molecular weight is 253 g/mol. The average Bonchev–Trinajstić information content (AvgIpc) is 2.13. The first kappa shape index (κ1) is 13.6. The maximum absolute atomic E-state index is 13.3. The van der Waals surface area contributed by atoms with Gasteiger partial charge in [-0.25, -0.2) is 14.4 Å². The summed E-state index contributed by atoms with van der Waals surface area (Å²) in [6, 6.07) is 4.21. The molecule has 1 rings (SSSR count). The number of aliphatic imine (C=N–C) groups is 2. The van der Waals surface area contributed by atoms with E-state index in [1.165, 1.54) is 12.1 Å². The summed E-state index contributed by atoms with van der Waals surface area (Å²) in [5.74, 6) is 0.00442.